The third-order valence-corrected chi connectivity index (χ3v) is 9.01. The van der Waals surface area contributed by atoms with Crippen LogP contribution >= 0.6 is 0 Å². The van der Waals surface area contributed by atoms with E-state index in [1.807, 2.05) is 42.5 Å². The predicted octanol–water partition coefficient (Wildman–Crippen LogP) is 5.75. The number of rotatable bonds is 11. The molecule has 0 radical (unpaired) electrons. The molecule has 2 atom stereocenters. The first-order valence-electron chi connectivity index (χ1n) is 13.5. The number of hydrogen-bond acceptors (Lipinski definition) is 7. The van der Waals surface area contributed by atoms with Crippen LogP contribution in [0.2, 0.25) is 0 Å². The SMILES string of the molecule is CC(CS(=O)(=O)c1ccc(-c2ccc(NC(=O)c3cc4c(OCc5ccccc5)cccc4o3)cc2)cc1)[C@H](N)C(=O)O. The van der Waals surface area contributed by atoms with Crippen LogP contribution in [0.3, 0.4) is 0 Å². The third-order valence-electron chi connectivity index (χ3n) is 7.05. The standard InChI is InChI=1S/C33H30N2O7S/c1-21(31(34)33(37)38)20-43(39,40)26-16-12-24(13-17-26)23-10-14-25(15-11-23)35-32(36)30-18-27-28(8-5-9-29(27)42-30)41-19-22-6-3-2-4-7-22/h2-18,21,31H,19-20,34H2,1H3,(H,35,36)(H,37,38)/t21?,31-/m0/s1. The molecule has 5 rings (SSSR count). The third kappa shape index (κ3) is 6.94. The number of ether oxygens (including phenoxy) is 1. The van der Waals surface area contributed by atoms with Crippen LogP contribution in [0, 0.1) is 5.92 Å². The van der Waals surface area contributed by atoms with Crippen molar-refractivity contribution in [3.8, 4) is 16.9 Å². The molecule has 5 aromatic rings. The van der Waals surface area contributed by atoms with Crippen LogP contribution in [-0.4, -0.2) is 37.2 Å². The van der Waals surface area contributed by atoms with E-state index in [4.69, 9.17) is 20.0 Å². The maximum atomic E-state index is 13.0. The van der Waals surface area contributed by atoms with Crippen LogP contribution in [0.1, 0.15) is 23.0 Å². The number of aliphatic carboxylic acids is 1. The molecule has 0 bridgehead atoms. The first-order valence-corrected chi connectivity index (χ1v) is 15.2. The van der Waals surface area contributed by atoms with Crippen molar-refractivity contribution in [2.45, 2.75) is 24.5 Å². The zero-order chi connectivity index (χ0) is 30.6. The highest BCUT2D eigenvalue weighted by Crippen LogP contribution is 2.30. The zero-order valence-electron chi connectivity index (χ0n) is 23.3. The number of carbonyl (C=O) groups is 2. The summed E-state index contributed by atoms with van der Waals surface area (Å²) < 4.78 is 37.3. The van der Waals surface area contributed by atoms with Gasteiger partial charge in [-0.15, -0.1) is 0 Å². The average Bonchev–Trinajstić information content (AvgIpc) is 3.46. The lowest BCUT2D eigenvalue weighted by molar-refractivity contribution is -0.139. The second kappa shape index (κ2) is 12.5. The number of fused-ring (bicyclic) bond motifs is 1. The Labute approximate surface area is 248 Å². The molecule has 1 unspecified atom stereocenters. The number of carboxylic acids is 1. The number of amides is 1. The van der Waals surface area contributed by atoms with Gasteiger partial charge < -0.3 is 25.3 Å². The van der Waals surface area contributed by atoms with Gasteiger partial charge in [0.25, 0.3) is 5.91 Å². The Balaban J connectivity index is 1.24. The Morgan fingerprint density at radius 1 is 0.907 bits per heavy atom. The summed E-state index contributed by atoms with van der Waals surface area (Å²) in [4.78, 5) is 24.1. The summed E-state index contributed by atoms with van der Waals surface area (Å²) in [5, 5.41) is 12.6. The molecule has 4 N–H and O–H groups in total. The van der Waals surface area contributed by atoms with E-state index in [0.29, 0.717) is 29.0 Å². The Kier molecular flexibility index (Phi) is 8.61. The lowest BCUT2D eigenvalue weighted by Gasteiger charge is -2.16. The number of hydrogen-bond donors (Lipinski definition) is 3. The summed E-state index contributed by atoms with van der Waals surface area (Å²) in [6.45, 7) is 1.89. The maximum absolute atomic E-state index is 13.0. The van der Waals surface area contributed by atoms with Gasteiger partial charge in [0.1, 0.15) is 24.0 Å². The van der Waals surface area contributed by atoms with Gasteiger partial charge in [-0.3, -0.25) is 9.59 Å². The van der Waals surface area contributed by atoms with Crippen LogP contribution in [-0.2, 0) is 21.2 Å². The molecule has 0 aliphatic carbocycles. The average molecular weight is 599 g/mol. The molecule has 0 aliphatic rings. The number of furan rings is 1. The van der Waals surface area contributed by atoms with Gasteiger partial charge in [0.15, 0.2) is 15.6 Å². The topological polar surface area (TPSA) is 149 Å². The molecule has 0 saturated carbocycles. The fourth-order valence-electron chi connectivity index (χ4n) is 4.59. The minimum Gasteiger partial charge on any atom is -0.488 e. The predicted molar refractivity (Wildman–Crippen MR) is 164 cm³/mol. The highest BCUT2D eigenvalue weighted by Gasteiger charge is 2.26. The largest absolute Gasteiger partial charge is 0.488 e. The van der Waals surface area contributed by atoms with E-state index in [-0.39, 0.29) is 16.4 Å². The van der Waals surface area contributed by atoms with Gasteiger partial charge in [0.2, 0.25) is 0 Å². The van der Waals surface area contributed by atoms with Crippen molar-refractivity contribution in [2.24, 2.45) is 11.7 Å². The fourth-order valence-corrected chi connectivity index (χ4v) is 6.23. The van der Waals surface area contributed by atoms with Gasteiger partial charge in [0, 0.05) is 11.8 Å². The molecule has 0 fully saturated rings. The lowest BCUT2D eigenvalue weighted by Crippen LogP contribution is -2.39. The Bertz CT molecular complexity index is 1850. The van der Waals surface area contributed by atoms with Gasteiger partial charge in [-0.1, -0.05) is 67.6 Å². The summed E-state index contributed by atoms with van der Waals surface area (Å²) in [5.41, 5.74) is 9.27. The van der Waals surface area contributed by atoms with Crippen molar-refractivity contribution < 1.29 is 32.3 Å². The quantitative estimate of drug-likeness (QED) is 0.174. The summed E-state index contributed by atoms with van der Waals surface area (Å²) in [6.07, 6.45) is 0. The molecule has 9 nitrogen and oxygen atoms in total. The van der Waals surface area contributed by atoms with Crippen LogP contribution in [0.4, 0.5) is 5.69 Å². The van der Waals surface area contributed by atoms with Gasteiger partial charge in [-0.05, 0) is 59.0 Å². The number of nitrogens with two attached hydrogens (primary N) is 1. The van der Waals surface area contributed by atoms with E-state index in [9.17, 15) is 18.0 Å². The first-order chi connectivity index (χ1) is 20.6. The van der Waals surface area contributed by atoms with Crippen molar-refractivity contribution in [1.82, 2.24) is 0 Å². The number of carbonyl (C=O) groups excluding carboxylic acids is 1. The van der Waals surface area contributed by atoms with E-state index in [1.54, 1.807) is 48.5 Å². The van der Waals surface area contributed by atoms with Crippen molar-refractivity contribution >= 4 is 38.4 Å². The molecule has 220 valence electrons. The fraction of sp³-hybridized carbons (Fsp3) is 0.152. The van der Waals surface area contributed by atoms with Gasteiger partial charge in [-0.2, -0.15) is 0 Å². The van der Waals surface area contributed by atoms with E-state index < -0.39 is 33.7 Å². The van der Waals surface area contributed by atoms with Gasteiger partial charge in [0.05, 0.1) is 16.0 Å². The molecule has 0 spiro atoms. The number of carboxylic acid groups (broad SMARTS) is 1. The molecular weight excluding hydrogens is 568 g/mol. The summed E-state index contributed by atoms with van der Waals surface area (Å²) >= 11 is 0. The Morgan fingerprint density at radius 3 is 2.21 bits per heavy atom. The van der Waals surface area contributed by atoms with E-state index in [1.165, 1.54) is 19.1 Å². The molecular formula is C33H30N2O7S. The molecule has 1 amide bonds. The molecule has 1 heterocycles. The number of anilines is 1. The van der Waals surface area contributed by atoms with Gasteiger partial charge in [-0.25, -0.2) is 8.42 Å². The Hall–Kier alpha value is -4.93. The van der Waals surface area contributed by atoms with Crippen molar-refractivity contribution in [3.05, 3.63) is 114 Å². The second-order valence-corrected chi connectivity index (χ2v) is 12.3. The molecule has 4 aromatic carbocycles. The first kappa shape index (κ1) is 29.6. The molecule has 0 aliphatic heterocycles. The number of nitrogens with one attached hydrogen (secondary N) is 1. The minimum atomic E-state index is -3.72. The number of benzene rings is 4. The highest BCUT2D eigenvalue weighted by molar-refractivity contribution is 7.91. The summed E-state index contributed by atoms with van der Waals surface area (Å²) in [6, 6.07) is 29.0. The molecule has 10 heteroatoms. The van der Waals surface area contributed by atoms with E-state index in [2.05, 4.69) is 5.32 Å². The van der Waals surface area contributed by atoms with Crippen LogP contribution < -0.4 is 15.8 Å². The monoisotopic (exact) mass is 598 g/mol. The Morgan fingerprint density at radius 2 is 1.56 bits per heavy atom. The van der Waals surface area contributed by atoms with E-state index >= 15 is 0 Å². The minimum absolute atomic E-state index is 0.0871. The number of sulfone groups is 1. The van der Waals surface area contributed by atoms with Crippen LogP contribution in [0.5, 0.6) is 5.75 Å². The van der Waals surface area contributed by atoms with Crippen molar-refractivity contribution in [1.29, 1.82) is 0 Å². The summed E-state index contributed by atoms with van der Waals surface area (Å²) in [5.74, 6) is -2.02. The van der Waals surface area contributed by atoms with Crippen LogP contribution in [0.25, 0.3) is 22.1 Å². The summed E-state index contributed by atoms with van der Waals surface area (Å²) in [7, 11) is -3.72. The van der Waals surface area contributed by atoms with Crippen molar-refractivity contribution in [3.63, 3.8) is 0 Å². The lowest BCUT2D eigenvalue weighted by atomic mass is 10.1. The molecule has 43 heavy (non-hydrogen) atoms. The zero-order valence-corrected chi connectivity index (χ0v) is 24.1. The smallest absolute Gasteiger partial charge is 0.320 e. The highest BCUT2D eigenvalue weighted by atomic mass is 32.2. The second-order valence-electron chi connectivity index (χ2n) is 10.2. The molecule has 0 saturated heterocycles. The maximum Gasteiger partial charge on any atom is 0.320 e. The molecule has 1 aromatic heterocycles. The van der Waals surface area contributed by atoms with Gasteiger partial charge >= 0.3 is 5.97 Å². The van der Waals surface area contributed by atoms with Crippen LogP contribution in [0.15, 0.2) is 112 Å². The van der Waals surface area contributed by atoms with Crippen molar-refractivity contribution in [2.75, 3.05) is 11.1 Å². The van der Waals surface area contributed by atoms with E-state index in [0.717, 1.165) is 16.7 Å². The normalized spacial score (nSPS) is 12.9.